The molecule has 0 spiro atoms. The third-order valence-electron chi connectivity index (χ3n) is 5.25. The fourth-order valence-electron chi connectivity index (χ4n) is 3.58. The highest BCUT2D eigenvalue weighted by Crippen LogP contribution is 2.30. The first kappa shape index (κ1) is 18.9. The number of urea groups is 1. The first-order valence-electron chi connectivity index (χ1n) is 9.75. The molecule has 3 aromatic rings. The van der Waals surface area contributed by atoms with Crippen molar-refractivity contribution in [3.63, 3.8) is 0 Å². The molecule has 0 aliphatic carbocycles. The van der Waals surface area contributed by atoms with Crippen LogP contribution in [0.1, 0.15) is 37.3 Å². The molecule has 0 radical (unpaired) electrons. The van der Waals surface area contributed by atoms with Crippen LogP contribution in [-0.2, 0) is 23.3 Å². The van der Waals surface area contributed by atoms with Crippen molar-refractivity contribution in [2.24, 2.45) is 0 Å². The first-order chi connectivity index (χ1) is 14.0. The van der Waals surface area contributed by atoms with Gasteiger partial charge in [0.2, 0.25) is 5.89 Å². The fourth-order valence-corrected chi connectivity index (χ4v) is 3.58. The van der Waals surface area contributed by atoms with Crippen LogP contribution in [0.2, 0.25) is 0 Å². The number of imide groups is 1. The number of amides is 3. The highest BCUT2D eigenvalue weighted by molar-refractivity contribution is 6.07. The summed E-state index contributed by atoms with van der Waals surface area (Å²) in [5.74, 6) is 0.599. The molecular formula is C23H23N3O3. The molecule has 2 heterocycles. The predicted molar refractivity (Wildman–Crippen MR) is 109 cm³/mol. The molecule has 1 aromatic heterocycles. The summed E-state index contributed by atoms with van der Waals surface area (Å²) in [5, 5.41) is 2.82. The number of benzene rings is 2. The third-order valence-corrected chi connectivity index (χ3v) is 5.25. The molecule has 1 fully saturated rings. The second kappa shape index (κ2) is 7.54. The zero-order valence-corrected chi connectivity index (χ0v) is 16.5. The largest absolute Gasteiger partial charge is 0.439 e. The van der Waals surface area contributed by atoms with E-state index in [9.17, 15) is 9.59 Å². The quantitative estimate of drug-likeness (QED) is 0.639. The van der Waals surface area contributed by atoms with E-state index in [4.69, 9.17) is 4.42 Å². The lowest BCUT2D eigenvalue weighted by Crippen LogP contribution is -2.40. The number of hydrogen-bond acceptors (Lipinski definition) is 4. The maximum atomic E-state index is 13.1. The number of rotatable bonds is 6. The van der Waals surface area contributed by atoms with Gasteiger partial charge in [0.05, 0.1) is 6.20 Å². The minimum Gasteiger partial charge on any atom is -0.439 e. The molecule has 1 saturated heterocycles. The van der Waals surface area contributed by atoms with Crippen LogP contribution >= 0.6 is 0 Å². The molecule has 29 heavy (non-hydrogen) atoms. The molecule has 3 amide bonds. The van der Waals surface area contributed by atoms with Crippen LogP contribution in [0, 0.1) is 0 Å². The minimum atomic E-state index is -1.10. The summed E-state index contributed by atoms with van der Waals surface area (Å²) in [6.07, 6.45) is 3.65. The number of aromatic nitrogens is 1. The molecule has 148 valence electrons. The van der Waals surface area contributed by atoms with E-state index in [2.05, 4.69) is 17.2 Å². The summed E-state index contributed by atoms with van der Waals surface area (Å²) in [7, 11) is 0. The average Bonchev–Trinajstić information content (AvgIpc) is 3.29. The van der Waals surface area contributed by atoms with Gasteiger partial charge >= 0.3 is 6.03 Å². The SMILES string of the molecule is CCCc1ccc(C2(C)NC(=O)N(Cc3ncc(-c4ccccc4)o3)C2=O)cc1. The van der Waals surface area contributed by atoms with Crippen molar-refractivity contribution in [3.05, 3.63) is 77.8 Å². The number of aryl methyl sites for hydroxylation is 1. The van der Waals surface area contributed by atoms with Gasteiger partial charge in [-0.2, -0.15) is 0 Å². The van der Waals surface area contributed by atoms with Crippen LogP contribution < -0.4 is 5.32 Å². The molecule has 0 bridgehead atoms. The van der Waals surface area contributed by atoms with Crippen molar-refractivity contribution in [1.82, 2.24) is 15.2 Å². The van der Waals surface area contributed by atoms with Gasteiger partial charge in [-0.3, -0.25) is 9.69 Å². The van der Waals surface area contributed by atoms with Gasteiger partial charge in [-0.1, -0.05) is 67.9 Å². The Balaban J connectivity index is 1.53. The number of nitrogens with zero attached hydrogens (tertiary/aromatic N) is 2. The van der Waals surface area contributed by atoms with Crippen LogP contribution in [0.3, 0.4) is 0 Å². The Morgan fingerprint density at radius 2 is 1.79 bits per heavy atom. The van der Waals surface area contributed by atoms with Gasteiger partial charge < -0.3 is 9.73 Å². The van der Waals surface area contributed by atoms with E-state index in [-0.39, 0.29) is 12.5 Å². The van der Waals surface area contributed by atoms with Crippen molar-refractivity contribution < 1.29 is 14.0 Å². The van der Waals surface area contributed by atoms with Crippen molar-refractivity contribution in [2.75, 3.05) is 0 Å². The van der Waals surface area contributed by atoms with Gasteiger partial charge in [-0.15, -0.1) is 0 Å². The van der Waals surface area contributed by atoms with Crippen molar-refractivity contribution >= 4 is 11.9 Å². The van der Waals surface area contributed by atoms with Gasteiger partial charge in [0.1, 0.15) is 12.1 Å². The summed E-state index contributed by atoms with van der Waals surface area (Å²) in [5.41, 5.74) is 1.76. The fraction of sp³-hybridized carbons (Fsp3) is 0.261. The topological polar surface area (TPSA) is 75.4 Å². The van der Waals surface area contributed by atoms with Gasteiger partial charge in [-0.25, -0.2) is 9.78 Å². The van der Waals surface area contributed by atoms with Gasteiger partial charge in [-0.05, 0) is 24.5 Å². The molecule has 1 unspecified atom stereocenters. The third kappa shape index (κ3) is 3.53. The second-order valence-corrected chi connectivity index (χ2v) is 7.38. The Kier molecular flexibility index (Phi) is 4.92. The van der Waals surface area contributed by atoms with E-state index in [1.807, 2.05) is 54.6 Å². The summed E-state index contributed by atoms with van der Waals surface area (Å²) >= 11 is 0. The summed E-state index contributed by atoms with van der Waals surface area (Å²) in [6.45, 7) is 3.84. The molecule has 1 aliphatic rings. The lowest BCUT2D eigenvalue weighted by molar-refractivity contribution is -0.131. The summed E-state index contributed by atoms with van der Waals surface area (Å²) in [6, 6.07) is 16.9. The van der Waals surface area contributed by atoms with Crippen LogP contribution in [-0.4, -0.2) is 21.8 Å². The van der Waals surface area contributed by atoms with E-state index >= 15 is 0 Å². The van der Waals surface area contributed by atoms with E-state index in [0.29, 0.717) is 11.7 Å². The Morgan fingerprint density at radius 3 is 2.48 bits per heavy atom. The highest BCUT2D eigenvalue weighted by atomic mass is 16.4. The van der Waals surface area contributed by atoms with E-state index in [1.165, 1.54) is 5.56 Å². The molecule has 1 N–H and O–H groups in total. The molecule has 0 saturated carbocycles. The van der Waals surface area contributed by atoms with E-state index in [1.54, 1.807) is 13.1 Å². The van der Waals surface area contributed by atoms with Crippen LogP contribution in [0.15, 0.2) is 65.2 Å². The van der Waals surface area contributed by atoms with Gasteiger partial charge in [0.15, 0.2) is 5.76 Å². The lowest BCUT2D eigenvalue weighted by atomic mass is 9.91. The lowest BCUT2D eigenvalue weighted by Gasteiger charge is -2.22. The first-order valence-corrected chi connectivity index (χ1v) is 9.75. The predicted octanol–water partition coefficient (Wildman–Crippen LogP) is 4.26. The Hall–Kier alpha value is -3.41. The summed E-state index contributed by atoms with van der Waals surface area (Å²) < 4.78 is 5.76. The summed E-state index contributed by atoms with van der Waals surface area (Å²) in [4.78, 5) is 31.0. The number of carbonyl (C=O) groups excluding carboxylic acids is 2. The molecule has 1 atom stereocenters. The average molecular weight is 389 g/mol. The molecule has 4 rings (SSSR count). The number of nitrogens with one attached hydrogen (secondary N) is 1. The van der Waals surface area contributed by atoms with Gasteiger partial charge in [0.25, 0.3) is 5.91 Å². The Morgan fingerprint density at radius 1 is 1.07 bits per heavy atom. The van der Waals surface area contributed by atoms with E-state index in [0.717, 1.165) is 28.9 Å². The number of hydrogen-bond donors (Lipinski definition) is 1. The standard InChI is InChI=1S/C23H23N3O3/c1-3-7-16-10-12-18(13-11-16)23(2)21(27)26(22(28)25-23)15-20-24-14-19(29-20)17-8-5-4-6-9-17/h4-6,8-14H,3,7,15H2,1-2H3,(H,25,28). The van der Waals surface area contributed by atoms with Gasteiger partial charge in [0, 0.05) is 5.56 Å². The Labute approximate surface area is 169 Å². The van der Waals surface area contributed by atoms with Crippen LogP contribution in [0.25, 0.3) is 11.3 Å². The Bertz CT molecular complexity index is 1030. The normalized spacial score (nSPS) is 18.9. The van der Waals surface area contributed by atoms with Crippen LogP contribution in [0.4, 0.5) is 4.79 Å². The zero-order valence-electron chi connectivity index (χ0n) is 16.5. The number of carbonyl (C=O) groups is 2. The van der Waals surface area contributed by atoms with Crippen molar-refractivity contribution in [3.8, 4) is 11.3 Å². The molecule has 6 nitrogen and oxygen atoms in total. The molecule has 2 aromatic carbocycles. The minimum absolute atomic E-state index is 0.0129. The number of oxazole rings is 1. The van der Waals surface area contributed by atoms with Crippen molar-refractivity contribution in [1.29, 1.82) is 0 Å². The van der Waals surface area contributed by atoms with E-state index < -0.39 is 11.6 Å². The second-order valence-electron chi connectivity index (χ2n) is 7.38. The molecular weight excluding hydrogens is 366 g/mol. The maximum Gasteiger partial charge on any atom is 0.325 e. The monoisotopic (exact) mass is 389 g/mol. The molecule has 6 heteroatoms. The highest BCUT2D eigenvalue weighted by Gasteiger charge is 2.49. The van der Waals surface area contributed by atoms with Crippen molar-refractivity contribution in [2.45, 2.75) is 38.8 Å². The smallest absolute Gasteiger partial charge is 0.325 e. The van der Waals surface area contributed by atoms with Crippen LogP contribution in [0.5, 0.6) is 0 Å². The molecule has 1 aliphatic heterocycles. The zero-order chi connectivity index (χ0) is 20.4. The maximum absolute atomic E-state index is 13.1.